The third kappa shape index (κ3) is 3.74. The molecule has 0 aliphatic rings. The Morgan fingerprint density at radius 2 is 2.29 bits per heavy atom. The fraction of sp³-hybridized carbons (Fsp3) is 0.200. The first-order chi connectivity index (χ1) is 11.6. The number of ether oxygens (including phenoxy) is 1. The van der Waals surface area contributed by atoms with Crippen molar-refractivity contribution in [1.82, 2.24) is 25.5 Å². The van der Waals surface area contributed by atoms with Crippen molar-refractivity contribution in [1.29, 1.82) is 0 Å². The molecule has 124 valence electrons. The van der Waals surface area contributed by atoms with Crippen LogP contribution in [0.25, 0.3) is 10.8 Å². The van der Waals surface area contributed by atoms with E-state index in [0.717, 1.165) is 0 Å². The van der Waals surface area contributed by atoms with E-state index in [2.05, 4.69) is 25.5 Å². The van der Waals surface area contributed by atoms with Crippen LogP contribution in [0.1, 0.15) is 17.4 Å². The van der Waals surface area contributed by atoms with E-state index in [4.69, 9.17) is 4.74 Å². The lowest BCUT2D eigenvalue weighted by atomic mass is 10.3. The average Bonchev–Trinajstić information content (AvgIpc) is 3.25. The van der Waals surface area contributed by atoms with Gasteiger partial charge in [0.15, 0.2) is 22.4 Å². The first-order valence-electron chi connectivity index (χ1n) is 7.13. The lowest BCUT2D eigenvalue weighted by Crippen LogP contribution is -2.37. The molecule has 3 rings (SSSR count). The van der Waals surface area contributed by atoms with Gasteiger partial charge in [-0.2, -0.15) is 5.10 Å². The fourth-order valence-electron chi connectivity index (χ4n) is 1.91. The van der Waals surface area contributed by atoms with Crippen molar-refractivity contribution < 1.29 is 13.9 Å². The fourth-order valence-corrected chi connectivity index (χ4v) is 2.66. The highest BCUT2D eigenvalue weighted by molar-refractivity contribution is 7.13. The van der Waals surface area contributed by atoms with Crippen molar-refractivity contribution in [3.63, 3.8) is 0 Å². The number of benzene rings is 1. The Hall–Kier alpha value is -2.81. The minimum Gasteiger partial charge on any atom is -0.488 e. The molecule has 1 unspecified atom stereocenters. The van der Waals surface area contributed by atoms with Gasteiger partial charge in [0.25, 0.3) is 5.91 Å². The molecule has 1 aromatic carbocycles. The van der Waals surface area contributed by atoms with Crippen molar-refractivity contribution in [3.05, 3.63) is 47.5 Å². The Bertz CT molecular complexity index is 821. The number of halogens is 1. The normalized spacial score (nSPS) is 11.9. The monoisotopic (exact) mass is 347 g/mol. The number of amides is 1. The summed E-state index contributed by atoms with van der Waals surface area (Å²) in [4.78, 5) is 20.4. The number of nitrogens with one attached hydrogen (secondary N) is 2. The molecule has 0 aliphatic heterocycles. The molecule has 9 heteroatoms. The lowest BCUT2D eigenvalue weighted by molar-refractivity contribution is 0.0922. The van der Waals surface area contributed by atoms with Gasteiger partial charge in [0, 0.05) is 5.38 Å². The number of hydrogen-bond acceptors (Lipinski definition) is 6. The van der Waals surface area contributed by atoms with Crippen LogP contribution in [0.15, 0.2) is 36.0 Å². The smallest absolute Gasteiger partial charge is 0.271 e. The first kappa shape index (κ1) is 16.1. The summed E-state index contributed by atoms with van der Waals surface area (Å²) in [5.74, 6) is -0.108. The molecule has 1 atom stereocenters. The Morgan fingerprint density at radius 3 is 3.04 bits per heavy atom. The molecule has 0 radical (unpaired) electrons. The number of rotatable bonds is 6. The molecule has 7 nitrogen and oxygen atoms in total. The maximum Gasteiger partial charge on any atom is 0.271 e. The number of carbonyl (C=O) groups excluding carboxylic acids is 1. The summed E-state index contributed by atoms with van der Waals surface area (Å²) in [6, 6.07) is 5.81. The van der Waals surface area contributed by atoms with E-state index in [1.165, 1.54) is 29.8 Å². The molecule has 0 bridgehead atoms. The summed E-state index contributed by atoms with van der Waals surface area (Å²) in [6.45, 7) is 1.91. The summed E-state index contributed by atoms with van der Waals surface area (Å²) in [5, 5.41) is 11.4. The molecular formula is C15H14FN5O2S. The number of nitrogens with zero attached hydrogens (tertiary/aromatic N) is 3. The van der Waals surface area contributed by atoms with Crippen molar-refractivity contribution in [3.8, 4) is 16.6 Å². The van der Waals surface area contributed by atoms with Crippen LogP contribution in [0.2, 0.25) is 0 Å². The van der Waals surface area contributed by atoms with E-state index < -0.39 is 5.82 Å². The summed E-state index contributed by atoms with van der Waals surface area (Å²) in [6.07, 6.45) is 1.37. The van der Waals surface area contributed by atoms with Crippen LogP contribution < -0.4 is 10.1 Å². The maximum atomic E-state index is 13.5. The third-order valence-electron chi connectivity index (χ3n) is 3.06. The summed E-state index contributed by atoms with van der Waals surface area (Å²) in [5.41, 5.74) is 0.282. The molecular weight excluding hydrogens is 333 g/mol. The topological polar surface area (TPSA) is 92.8 Å². The Morgan fingerprint density at radius 1 is 1.46 bits per heavy atom. The zero-order chi connectivity index (χ0) is 16.9. The van der Waals surface area contributed by atoms with Gasteiger partial charge < -0.3 is 10.1 Å². The van der Waals surface area contributed by atoms with E-state index in [0.29, 0.717) is 10.8 Å². The largest absolute Gasteiger partial charge is 0.488 e. The molecule has 2 aromatic heterocycles. The Balaban J connectivity index is 1.55. The quantitative estimate of drug-likeness (QED) is 0.713. The Kier molecular flexibility index (Phi) is 4.80. The number of para-hydroxylation sites is 1. The number of aromatic nitrogens is 4. The molecule has 3 aromatic rings. The van der Waals surface area contributed by atoms with Gasteiger partial charge in [-0.15, -0.1) is 11.3 Å². The predicted octanol–water partition coefficient (Wildman–Crippen LogP) is 2.26. The molecule has 0 aliphatic carbocycles. The number of aromatic amines is 1. The van der Waals surface area contributed by atoms with Gasteiger partial charge in [0.05, 0.1) is 6.04 Å². The van der Waals surface area contributed by atoms with Crippen molar-refractivity contribution in [2.24, 2.45) is 0 Å². The Labute approximate surface area is 140 Å². The van der Waals surface area contributed by atoms with E-state index in [9.17, 15) is 9.18 Å². The molecule has 2 heterocycles. The minimum absolute atomic E-state index is 0.145. The number of thiazole rings is 1. The second-order valence-corrected chi connectivity index (χ2v) is 5.85. The van der Waals surface area contributed by atoms with E-state index >= 15 is 0 Å². The van der Waals surface area contributed by atoms with Gasteiger partial charge in [0.2, 0.25) is 0 Å². The van der Waals surface area contributed by atoms with Crippen LogP contribution in [-0.2, 0) is 0 Å². The number of H-pyrrole nitrogens is 1. The molecule has 0 saturated heterocycles. The standard InChI is InChI=1S/C15H14FN5O2S/c1-9(6-23-12-5-3-2-4-10(12)16)19-14(22)11-7-24-15(20-11)13-17-8-18-21-13/h2-5,7-9H,6H2,1H3,(H,19,22)(H,17,18,21). The zero-order valence-corrected chi connectivity index (χ0v) is 13.5. The SMILES string of the molecule is CC(COc1ccccc1F)NC(=O)c1csc(-c2ncn[nH]2)n1. The number of hydrogen-bond donors (Lipinski definition) is 2. The van der Waals surface area contributed by atoms with Gasteiger partial charge in [-0.1, -0.05) is 12.1 Å². The van der Waals surface area contributed by atoms with E-state index in [1.807, 2.05) is 0 Å². The third-order valence-corrected chi connectivity index (χ3v) is 3.91. The van der Waals surface area contributed by atoms with Crippen LogP contribution in [0.4, 0.5) is 4.39 Å². The molecule has 0 saturated carbocycles. The van der Waals surface area contributed by atoms with Gasteiger partial charge in [0.1, 0.15) is 18.6 Å². The molecule has 0 spiro atoms. The summed E-state index contributed by atoms with van der Waals surface area (Å²) >= 11 is 1.29. The van der Waals surface area contributed by atoms with Gasteiger partial charge >= 0.3 is 0 Å². The number of carbonyl (C=O) groups is 1. The van der Waals surface area contributed by atoms with Gasteiger partial charge in [-0.3, -0.25) is 9.89 Å². The van der Waals surface area contributed by atoms with Crippen LogP contribution in [0.5, 0.6) is 5.75 Å². The maximum absolute atomic E-state index is 13.5. The minimum atomic E-state index is -0.438. The molecule has 0 fully saturated rings. The first-order valence-corrected chi connectivity index (χ1v) is 8.01. The molecule has 2 N–H and O–H groups in total. The molecule has 24 heavy (non-hydrogen) atoms. The van der Waals surface area contributed by atoms with Gasteiger partial charge in [-0.25, -0.2) is 14.4 Å². The van der Waals surface area contributed by atoms with E-state index in [1.54, 1.807) is 24.4 Å². The van der Waals surface area contributed by atoms with Crippen LogP contribution in [-0.4, -0.2) is 38.7 Å². The van der Waals surface area contributed by atoms with Crippen LogP contribution >= 0.6 is 11.3 Å². The second-order valence-electron chi connectivity index (χ2n) is 4.99. The second kappa shape index (κ2) is 7.18. The zero-order valence-electron chi connectivity index (χ0n) is 12.7. The van der Waals surface area contributed by atoms with Crippen molar-refractivity contribution in [2.75, 3.05) is 6.61 Å². The van der Waals surface area contributed by atoms with Crippen molar-refractivity contribution >= 4 is 17.2 Å². The highest BCUT2D eigenvalue weighted by atomic mass is 32.1. The highest BCUT2D eigenvalue weighted by Gasteiger charge is 2.16. The van der Waals surface area contributed by atoms with Crippen LogP contribution in [0, 0.1) is 5.82 Å². The lowest BCUT2D eigenvalue weighted by Gasteiger charge is -2.14. The molecule has 1 amide bonds. The van der Waals surface area contributed by atoms with Crippen molar-refractivity contribution in [2.45, 2.75) is 13.0 Å². The summed E-state index contributed by atoms with van der Waals surface area (Å²) < 4.78 is 18.8. The predicted molar refractivity (Wildman–Crippen MR) is 86.3 cm³/mol. The van der Waals surface area contributed by atoms with Crippen LogP contribution in [0.3, 0.4) is 0 Å². The summed E-state index contributed by atoms with van der Waals surface area (Å²) in [7, 11) is 0. The average molecular weight is 347 g/mol. The highest BCUT2D eigenvalue weighted by Crippen LogP contribution is 2.19. The van der Waals surface area contributed by atoms with Gasteiger partial charge in [-0.05, 0) is 19.1 Å². The van der Waals surface area contributed by atoms with E-state index in [-0.39, 0.29) is 30.0 Å².